The van der Waals surface area contributed by atoms with Crippen molar-refractivity contribution < 1.29 is 9.53 Å². The van der Waals surface area contributed by atoms with Crippen molar-refractivity contribution in [3.8, 4) is 5.75 Å². The number of likely N-dealkylation sites (tertiary alicyclic amines) is 1. The van der Waals surface area contributed by atoms with Crippen LogP contribution in [0.3, 0.4) is 0 Å². The Morgan fingerprint density at radius 2 is 2.21 bits per heavy atom. The van der Waals surface area contributed by atoms with Gasteiger partial charge in [0.1, 0.15) is 5.75 Å². The van der Waals surface area contributed by atoms with E-state index in [1.807, 2.05) is 46.1 Å². The third-order valence-corrected chi connectivity index (χ3v) is 4.80. The van der Waals surface area contributed by atoms with Gasteiger partial charge in [-0.2, -0.15) is 5.10 Å². The van der Waals surface area contributed by atoms with Crippen LogP contribution in [0.15, 0.2) is 42.7 Å². The molecule has 1 aliphatic rings. The van der Waals surface area contributed by atoms with Gasteiger partial charge in [0.25, 0.3) is 0 Å². The summed E-state index contributed by atoms with van der Waals surface area (Å²) in [4.78, 5) is 14.7. The zero-order valence-electron chi connectivity index (χ0n) is 14.4. The van der Waals surface area contributed by atoms with Crippen LogP contribution in [0.2, 0.25) is 0 Å². The van der Waals surface area contributed by atoms with Crippen LogP contribution in [0.25, 0.3) is 0 Å². The predicted octanol–water partition coefficient (Wildman–Crippen LogP) is 3.25. The Morgan fingerprint density at radius 1 is 1.38 bits per heavy atom. The van der Waals surface area contributed by atoms with Crippen LogP contribution in [0.4, 0.5) is 0 Å². The second-order valence-electron chi connectivity index (χ2n) is 6.47. The Morgan fingerprint density at radius 3 is 2.96 bits per heavy atom. The van der Waals surface area contributed by atoms with Gasteiger partial charge in [0.15, 0.2) is 0 Å². The first-order chi connectivity index (χ1) is 11.7. The van der Waals surface area contributed by atoms with Crippen molar-refractivity contribution in [2.24, 2.45) is 0 Å². The molecule has 0 saturated carbocycles. The molecule has 0 N–H and O–H groups in total. The maximum Gasteiger partial charge on any atom is 0.223 e. The third kappa shape index (κ3) is 3.61. The van der Waals surface area contributed by atoms with Gasteiger partial charge in [-0.25, -0.2) is 0 Å². The molecule has 0 bridgehead atoms. The average Bonchev–Trinajstić information content (AvgIpc) is 3.16. The van der Waals surface area contributed by atoms with Crippen molar-refractivity contribution in [3.05, 3.63) is 48.3 Å². The summed E-state index contributed by atoms with van der Waals surface area (Å²) in [6.07, 6.45) is 6.39. The van der Waals surface area contributed by atoms with E-state index < -0.39 is 0 Å². The molecule has 3 rings (SSSR count). The number of hydrogen-bond donors (Lipinski definition) is 0. The van der Waals surface area contributed by atoms with E-state index in [0.717, 1.165) is 37.2 Å². The van der Waals surface area contributed by atoms with Crippen molar-refractivity contribution in [2.75, 3.05) is 20.2 Å². The molecule has 0 radical (unpaired) electrons. The van der Waals surface area contributed by atoms with Crippen LogP contribution >= 0.6 is 0 Å². The minimum absolute atomic E-state index is 0.138. The van der Waals surface area contributed by atoms with Gasteiger partial charge >= 0.3 is 0 Å². The van der Waals surface area contributed by atoms with Gasteiger partial charge < -0.3 is 9.64 Å². The maximum absolute atomic E-state index is 12.8. The summed E-state index contributed by atoms with van der Waals surface area (Å²) in [7, 11) is 1.67. The number of rotatable bonds is 5. The van der Waals surface area contributed by atoms with Crippen LogP contribution in [-0.4, -0.2) is 40.8 Å². The lowest BCUT2D eigenvalue weighted by Gasteiger charge is -2.33. The van der Waals surface area contributed by atoms with Gasteiger partial charge in [0, 0.05) is 31.9 Å². The predicted molar refractivity (Wildman–Crippen MR) is 93.1 cm³/mol. The standard InChI is InChI=1S/C19H25N3O2/c1-15(17-8-3-4-9-18(17)24-2)13-19(23)21-11-5-7-16(14-21)22-12-6-10-20-22/h3-4,6,8-10,12,15-16H,5,7,11,13-14H2,1-2H3/t15-,16-/m0/s1. The number of nitrogens with zero attached hydrogens (tertiary/aromatic N) is 3. The first-order valence-corrected chi connectivity index (χ1v) is 8.59. The second-order valence-corrected chi connectivity index (χ2v) is 6.47. The molecule has 1 aromatic heterocycles. The number of piperidine rings is 1. The van der Waals surface area contributed by atoms with E-state index in [1.165, 1.54) is 0 Å². The number of benzene rings is 1. The summed E-state index contributed by atoms with van der Waals surface area (Å²) >= 11 is 0. The van der Waals surface area contributed by atoms with E-state index in [2.05, 4.69) is 12.0 Å². The molecule has 5 heteroatoms. The van der Waals surface area contributed by atoms with Crippen LogP contribution < -0.4 is 4.74 Å². The summed E-state index contributed by atoms with van der Waals surface area (Å²) in [6.45, 7) is 3.68. The summed E-state index contributed by atoms with van der Waals surface area (Å²) in [5, 5.41) is 4.33. The Kier molecular flexibility index (Phi) is 5.18. The lowest BCUT2D eigenvalue weighted by molar-refractivity contribution is -0.133. The molecule has 2 atom stereocenters. The van der Waals surface area contributed by atoms with Gasteiger partial charge in [0.05, 0.1) is 13.2 Å². The van der Waals surface area contributed by atoms with Crippen LogP contribution in [0.1, 0.15) is 43.7 Å². The van der Waals surface area contributed by atoms with Crippen molar-refractivity contribution >= 4 is 5.91 Å². The molecule has 0 aliphatic carbocycles. The largest absolute Gasteiger partial charge is 0.496 e. The number of carbonyl (C=O) groups is 1. The normalized spacial score (nSPS) is 19.1. The van der Waals surface area contributed by atoms with E-state index in [1.54, 1.807) is 13.3 Å². The van der Waals surface area contributed by atoms with Crippen LogP contribution in [0, 0.1) is 0 Å². The Balaban J connectivity index is 1.64. The fourth-order valence-corrected chi connectivity index (χ4v) is 3.47. The molecule has 24 heavy (non-hydrogen) atoms. The number of methoxy groups -OCH3 is 1. The number of aromatic nitrogens is 2. The molecule has 2 heterocycles. The number of para-hydroxylation sites is 1. The first kappa shape index (κ1) is 16.6. The highest BCUT2D eigenvalue weighted by Gasteiger charge is 2.26. The molecule has 128 valence electrons. The molecule has 1 aromatic carbocycles. The van der Waals surface area contributed by atoms with E-state index in [0.29, 0.717) is 12.5 Å². The SMILES string of the molecule is COc1ccccc1[C@@H](C)CC(=O)N1CCC[C@H](n2cccn2)C1. The fourth-order valence-electron chi connectivity index (χ4n) is 3.47. The van der Waals surface area contributed by atoms with Crippen molar-refractivity contribution in [1.29, 1.82) is 0 Å². The molecular formula is C19H25N3O2. The minimum atomic E-state index is 0.138. The highest BCUT2D eigenvalue weighted by atomic mass is 16.5. The maximum atomic E-state index is 12.8. The Hall–Kier alpha value is -2.30. The summed E-state index contributed by atoms with van der Waals surface area (Å²) < 4.78 is 7.40. The quantitative estimate of drug-likeness (QED) is 0.847. The molecule has 1 fully saturated rings. The summed E-state index contributed by atoms with van der Waals surface area (Å²) in [5.41, 5.74) is 1.09. The van der Waals surface area contributed by atoms with Crippen molar-refractivity contribution in [1.82, 2.24) is 14.7 Å². The molecule has 5 nitrogen and oxygen atoms in total. The van der Waals surface area contributed by atoms with E-state index in [9.17, 15) is 4.79 Å². The molecule has 1 aliphatic heterocycles. The Labute approximate surface area is 143 Å². The third-order valence-electron chi connectivity index (χ3n) is 4.80. The average molecular weight is 327 g/mol. The van der Waals surface area contributed by atoms with Gasteiger partial charge in [-0.05, 0) is 36.5 Å². The van der Waals surface area contributed by atoms with E-state index in [4.69, 9.17) is 4.74 Å². The topological polar surface area (TPSA) is 47.4 Å². The lowest BCUT2D eigenvalue weighted by Crippen LogP contribution is -2.41. The molecule has 2 aromatic rings. The van der Waals surface area contributed by atoms with E-state index in [-0.39, 0.29) is 11.8 Å². The molecule has 0 unspecified atom stereocenters. The van der Waals surface area contributed by atoms with Gasteiger partial charge in [0.2, 0.25) is 5.91 Å². The van der Waals surface area contributed by atoms with Crippen molar-refractivity contribution in [3.63, 3.8) is 0 Å². The molecule has 0 spiro atoms. The summed E-state index contributed by atoms with van der Waals surface area (Å²) in [6, 6.07) is 10.2. The smallest absolute Gasteiger partial charge is 0.223 e. The number of ether oxygens (including phenoxy) is 1. The summed E-state index contributed by atoms with van der Waals surface area (Å²) in [5.74, 6) is 1.20. The van der Waals surface area contributed by atoms with Gasteiger partial charge in [-0.3, -0.25) is 9.48 Å². The zero-order valence-corrected chi connectivity index (χ0v) is 14.4. The monoisotopic (exact) mass is 327 g/mol. The van der Waals surface area contributed by atoms with Crippen LogP contribution in [-0.2, 0) is 4.79 Å². The highest BCUT2D eigenvalue weighted by molar-refractivity contribution is 5.77. The number of amides is 1. The molecule has 1 amide bonds. The molecular weight excluding hydrogens is 302 g/mol. The van der Waals surface area contributed by atoms with Crippen LogP contribution in [0.5, 0.6) is 5.75 Å². The lowest BCUT2D eigenvalue weighted by atomic mass is 9.95. The highest BCUT2D eigenvalue weighted by Crippen LogP contribution is 2.30. The van der Waals surface area contributed by atoms with Gasteiger partial charge in [-0.15, -0.1) is 0 Å². The van der Waals surface area contributed by atoms with E-state index >= 15 is 0 Å². The Bertz CT molecular complexity index is 669. The minimum Gasteiger partial charge on any atom is -0.496 e. The number of carbonyl (C=O) groups excluding carboxylic acids is 1. The fraction of sp³-hybridized carbons (Fsp3) is 0.474. The second kappa shape index (κ2) is 7.51. The first-order valence-electron chi connectivity index (χ1n) is 8.59. The zero-order chi connectivity index (χ0) is 16.9. The molecule has 1 saturated heterocycles. The number of hydrogen-bond acceptors (Lipinski definition) is 3. The van der Waals surface area contributed by atoms with Gasteiger partial charge in [-0.1, -0.05) is 25.1 Å². The van der Waals surface area contributed by atoms with Crippen molar-refractivity contribution in [2.45, 2.75) is 38.1 Å².